The Labute approximate surface area is 178 Å². The second kappa shape index (κ2) is 8.68. The van der Waals surface area contributed by atoms with Crippen molar-refractivity contribution in [2.75, 3.05) is 11.9 Å². The van der Waals surface area contributed by atoms with Gasteiger partial charge in [-0.25, -0.2) is 0 Å². The number of furan rings is 1. The second-order valence-corrected chi connectivity index (χ2v) is 7.96. The van der Waals surface area contributed by atoms with E-state index in [2.05, 4.69) is 5.32 Å². The van der Waals surface area contributed by atoms with Gasteiger partial charge in [-0.15, -0.1) is 0 Å². The number of anilines is 1. The number of hydrogen-bond acceptors (Lipinski definition) is 7. The summed E-state index contributed by atoms with van der Waals surface area (Å²) in [7, 11) is 0. The van der Waals surface area contributed by atoms with Gasteiger partial charge >= 0.3 is 0 Å². The van der Waals surface area contributed by atoms with Crippen molar-refractivity contribution in [2.45, 2.75) is 33.9 Å². The number of nitriles is 1. The molecule has 0 spiro atoms. The lowest BCUT2D eigenvalue weighted by Crippen LogP contribution is -2.28. The van der Waals surface area contributed by atoms with Crippen molar-refractivity contribution in [2.24, 2.45) is 0 Å². The number of nitrogens with zero attached hydrogens (tertiary/aromatic N) is 3. The number of pyridine rings is 1. The van der Waals surface area contributed by atoms with Crippen LogP contribution in [0.3, 0.4) is 0 Å². The highest BCUT2D eigenvalue weighted by molar-refractivity contribution is 8.26. The Bertz CT molecular complexity index is 1090. The normalized spacial score (nSPS) is 15.2. The van der Waals surface area contributed by atoms with Gasteiger partial charge in [-0.1, -0.05) is 24.0 Å². The molecule has 1 saturated heterocycles. The van der Waals surface area contributed by atoms with Crippen LogP contribution in [0.15, 0.2) is 32.5 Å². The minimum atomic E-state index is -0.368. The molecular formula is C20H20N4O3S2. The summed E-state index contributed by atoms with van der Waals surface area (Å²) in [6, 6.07) is 5.61. The standard InChI is InChI=1S/C20H20N4O3S2/c1-4-23-17(22-11-13-7-6-8-27-13)14(12(3)15(10-21)18(23)25)9-16-19(26)24(5-2)20(28)29-16/h6-9,22H,4-5,11H2,1-3H3/b16-9-. The third-order valence-electron chi connectivity index (χ3n) is 4.67. The molecule has 0 aromatic carbocycles. The van der Waals surface area contributed by atoms with Crippen LogP contribution in [0.25, 0.3) is 6.08 Å². The summed E-state index contributed by atoms with van der Waals surface area (Å²) in [4.78, 5) is 27.5. The van der Waals surface area contributed by atoms with Gasteiger partial charge in [-0.3, -0.25) is 19.1 Å². The molecule has 150 valence electrons. The van der Waals surface area contributed by atoms with Gasteiger partial charge in [0.05, 0.1) is 17.7 Å². The Kier molecular flexibility index (Phi) is 6.25. The minimum Gasteiger partial charge on any atom is -0.467 e. The van der Waals surface area contributed by atoms with E-state index in [1.165, 1.54) is 21.2 Å². The summed E-state index contributed by atoms with van der Waals surface area (Å²) in [5.74, 6) is 1.06. The zero-order valence-electron chi connectivity index (χ0n) is 16.3. The lowest BCUT2D eigenvalue weighted by atomic mass is 10.0. The fourth-order valence-electron chi connectivity index (χ4n) is 3.14. The van der Waals surface area contributed by atoms with E-state index in [9.17, 15) is 14.9 Å². The van der Waals surface area contributed by atoms with Crippen molar-refractivity contribution in [1.82, 2.24) is 9.47 Å². The Morgan fingerprint density at radius 1 is 1.34 bits per heavy atom. The number of likely N-dealkylation sites (N-methyl/N-ethyl adjacent to an activating group) is 1. The maximum absolute atomic E-state index is 12.8. The van der Waals surface area contributed by atoms with Gasteiger partial charge in [-0.2, -0.15) is 5.26 Å². The van der Waals surface area contributed by atoms with E-state index >= 15 is 0 Å². The molecule has 1 fully saturated rings. The molecule has 2 aromatic heterocycles. The second-order valence-electron chi connectivity index (χ2n) is 6.28. The van der Waals surface area contributed by atoms with Crippen molar-refractivity contribution in [1.29, 1.82) is 5.26 Å². The highest BCUT2D eigenvalue weighted by Crippen LogP contribution is 2.34. The monoisotopic (exact) mass is 428 g/mol. The number of thiocarbonyl (C=S) groups is 1. The van der Waals surface area contributed by atoms with Crippen molar-refractivity contribution in [3.63, 3.8) is 0 Å². The van der Waals surface area contributed by atoms with Gasteiger partial charge in [0.25, 0.3) is 11.5 Å². The highest BCUT2D eigenvalue weighted by Gasteiger charge is 2.31. The fourth-order valence-corrected chi connectivity index (χ4v) is 4.51. The van der Waals surface area contributed by atoms with Gasteiger partial charge in [0.1, 0.15) is 27.5 Å². The van der Waals surface area contributed by atoms with Crippen molar-refractivity contribution >= 4 is 46.1 Å². The molecule has 3 rings (SSSR count). The number of amides is 1. The summed E-state index contributed by atoms with van der Waals surface area (Å²) < 4.78 is 7.36. The van der Waals surface area contributed by atoms with Gasteiger partial charge in [0.15, 0.2) is 0 Å². The molecule has 29 heavy (non-hydrogen) atoms. The summed E-state index contributed by atoms with van der Waals surface area (Å²) in [5, 5.41) is 12.8. The summed E-state index contributed by atoms with van der Waals surface area (Å²) in [6.07, 6.45) is 3.28. The number of nitrogens with one attached hydrogen (secondary N) is 1. The van der Waals surface area contributed by atoms with Gasteiger partial charge in [0, 0.05) is 18.7 Å². The predicted molar refractivity (Wildman–Crippen MR) is 117 cm³/mol. The highest BCUT2D eigenvalue weighted by atomic mass is 32.2. The smallest absolute Gasteiger partial charge is 0.270 e. The maximum atomic E-state index is 12.8. The molecule has 0 unspecified atom stereocenters. The van der Waals surface area contributed by atoms with Crippen LogP contribution in [0, 0.1) is 18.3 Å². The van der Waals surface area contributed by atoms with E-state index in [0.717, 1.165) is 0 Å². The fraction of sp³-hybridized carbons (Fsp3) is 0.300. The quantitative estimate of drug-likeness (QED) is 0.556. The van der Waals surface area contributed by atoms with Crippen LogP contribution in [0.1, 0.15) is 36.3 Å². The van der Waals surface area contributed by atoms with E-state index in [1.54, 1.807) is 25.3 Å². The van der Waals surface area contributed by atoms with E-state index in [4.69, 9.17) is 16.6 Å². The molecule has 1 aliphatic heterocycles. The lowest BCUT2D eigenvalue weighted by Gasteiger charge is -2.19. The zero-order valence-corrected chi connectivity index (χ0v) is 17.9. The van der Waals surface area contributed by atoms with Crippen LogP contribution in [0.4, 0.5) is 5.82 Å². The summed E-state index contributed by atoms with van der Waals surface area (Å²) >= 11 is 6.51. The molecule has 0 radical (unpaired) electrons. The lowest BCUT2D eigenvalue weighted by molar-refractivity contribution is -0.121. The molecule has 1 N–H and O–H groups in total. The molecule has 0 bridgehead atoms. The van der Waals surface area contributed by atoms with E-state index in [-0.39, 0.29) is 17.0 Å². The molecule has 7 nitrogen and oxygen atoms in total. The molecule has 9 heteroatoms. The third-order valence-corrected chi connectivity index (χ3v) is 6.04. The average molecular weight is 429 g/mol. The SMILES string of the molecule is CCN1C(=O)/C(=C/c2c(C)c(C#N)c(=O)n(CC)c2NCc2ccco2)SC1=S. The number of thioether (sulfide) groups is 1. The first-order valence-corrected chi connectivity index (χ1v) is 10.3. The molecular weight excluding hydrogens is 408 g/mol. The Hall–Kier alpha value is -2.83. The van der Waals surface area contributed by atoms with Crippen LogP contribution in [-0.2, 0) is 17.9 Å². The topological polar surface area (TPSA) is 91.3 Å². The van der Waals surface area contributed by atoms with Gasteiger partial charge in [0.2, 0.25) is 0 Å². The number of carbonyl (C=O) groups is 1. The molecule has 0 saturated carbocycles. The van der Waals surface area contributed by atoms with Crippen molar-refractivity contribution in [3.8, 4) is 6.07 Å². The zero-order chi connectivity index (χ0) is 21.1. The molecule has 0 aliphatic carbocycles. The van der Waals surface area contributed by atoms with Crippen LogP contribution < -0.4 is 10.9 Å². The number of hydrogen-bond donors (Lipinski definition) is 1. The largest absolute Gasteiger partial charge is 0.467 e. The molecule has 1 aliphatic rings. The van der Waals surface area contributed by atoms with Crippen molar-refractivity contribution in [3.05, 3.63) is 56.1 Å². The molecule has 2 aromatic rings. The van der Waals surface area contributed by atoms with Gasteiger partial charge in [-0.05, 0) is 44.5 Å². The molecule has 0 atom stereocenters. The van der Waals surface area contributed by atoms with Crippen LogP contribution in [-0.4, -0.2) is 26.2 Å². The van der Waals surface area contributed by atoms with Crippen LogP contribution in [0.5, 0.6) is 0 Å². The molecule has 1 amide bonds. The first kappa shape index (κ1) is 20.9. The average Bonchev–Trinajstić information content (AvgIpc) is 3.31. The number of rotatable bonds is 6. The van der Waals surface area contributed by atoms with E-state index < -0.39 is 0 Å². The minimum absolute atomic E-state index is 0.0626. The number of aromatic nitrogens is 1. The maximum Gasteiger partial charge on any atom is 0.270 e. The van der Waals surface area contributed by atoms with Crippen LogP contribution >= 0.6 is 24.0 Å². The van der Waals surface area contributed by atoms with E-state index in [0.29, 0.717) is 51.6 Å². The Balaban J connectivity index is 2.17. The number of carbonyl (C=O) groups excluding carboxylic acids is 1. The summed E-state index contributed by atoms with van der Waals surface area (Å²) in [5.41, 5.74) is 0.831. The first-order chi connectivity index (χ1) is 13.9. The Morgan fingerprint density at radius 2 is 2.10 bits per heavy atom. The van der Waals surface area contributed by atoms with Crippen LogP contribution in [0.2, 0.25) is 0 Å². The first-order valence-electron chi connectivity index (χ1n) is 9.11. The molecule has 3 heterocycles. The van der Waals surface area contributed by atoms with Gasteiger partial charge < -0.3 is 9.73 Å². The predicted octanol–water partition coefficient (Wildman–Crippen LogP) is 3.47. The van der Waals surface area contributed by atoms with E-state index in [1.807, 2.05) is 26.0 Å². The Morgan fingerprint density at radius 3 is 2.66 bits per heavy atom. The third kappa shape index (κ3) is 3.86. The van der Waals surface area contributed by atoms with Crippen molar-refractivity contribution < 1.29 is 9.21 Å². The summed E-state index contributed by atoms with van der Waals surface area (Å²) in [6.45, 7) is 6.61.